The zero-order chi connectivity index (χ0) is 33.6. The maximum absolute atomic E-state index is 15.2. The van der Waals surface area contributed by atoms with E-state index < -0.39 is 16.8 Å². The summed E-state index contributed by atoms with van der Waals surface area (Å²) in [6.45, 7) is 15.5. The molecular formula is C36H47FN4O5. The van der Waals surface area contributed by atoms with Gasteiger partial charge >= 0.3 is 6.09 Å². The van der Waals surface area contributed by atoms with Crippen LogP contribution in [0.3, 0.4) is 0 Å². The van der Waals surface area contributed by atoms with Gasteiger partial charge in [0.1, 0.15) is 11.4 Å². The Morgan fingerprint density at radius 1 is 1.07 bits per heavy atom. The van der Waals surface area contributed by atoms with E-state index in [1.807, 2.05) is 52.9 Å². The third-order valence-electron chi connectivity index (χ3n) is 8.82. The number of fused-ring (bicyclic) bond motifs is 1. The number of halogens is 1. The van der Waals surface area contributed by atoms with Crippen LogP contribution < -0.4 is 10.9 Å². The van der Waals surface area contributed by atoms with Crippen LogP contribution in [0.15, 0.2) is 41.3 Å². The van der Waals surface area contributed by atoms with Crippen molar-refractivity contribution in [1.29, 1.82) is 0 Å². The van der Waals surface area contributed by atoms with Gasteiger partial charge in [0.25, 0.3) is 11.5 Å². The third-order valence-corrected chi connectivity index (χ3v) is 8.82. The van der Waals surface area contributed by atoms with Crippen molar-refractivity contribution in [1.82, 2.24) is 19.7 Å². The molecule has 1 unspecified atom stereocenters. The molecule has 2 aliphatic rings. The van der Waals surface area contributed by atoms with E-state index in [0.717, 1.165) is 23.8 Å². The second-order valence-electron chi connectivity index (χ2n) is 14.8. The first-order chi connectivity index (χ1) is 21.5. The van der Waals surface area contributed by atoms with Crippen LogP contribution in [-0.2, 0) is 17.8 Å². The molecule has 0 spiro atoms. The lowest BCUT2D eigenvalue weighted by Crippen LogP contribution is -2.54. The quantitative estimate of drug-likeness (QED) is 0.341. The lowest BCUT2D eigenvalue weighted by molar-refractivity contribution is 0.00462. The normalized spacial score (nSPS) is 17.8. The summed E-state index contributed by atoms with van der Waals surface area (Å²) in [5, 5.41) is 14.2. The van der Waals surface area contributed by atoms with E-state index in [1.54, 1.807) is 28.5 Å². The smallest absolute Gasteiger partial charge is 0.410 e. The molecule has 3 aromatic rings. The number of benzene rings is 2. The predicted molar refractivity (Wildman–Crippen MR) is 177 cm³/mol. The Bertz CT molecular complexity index is 1710. The van der Waals surface area contributed by atoms with Crippen LogP contribution >= 0.6 is 0 Å². The minimum absolute atomic E-state index is 0.0202. The second kappa shape index (κ2) is 12.8. The van der Waals surface area contributed by atoms with Crippen LogP contribution in [0.25, 0.3) is 21.9 Å². The van der Waals surface area contributed by atoms with Crippen LogP contribution in [0, 0.1) is 18.2 Å². The van der Waals surface area contributed by atoms with E-state index in [9.17, 15) is 19.5 Å². The Labute approximate surface area is 270 Å². The number of carbonyl (C=O) groups is 2. The van der Waals surface area contributed by atoms with E-state index >= 15 is 4.39 Å². The molecule has 46 heavy (non-hydrogen) atoms. The van der Waals surface area contributed by atoms with Gasteiger partial charge in [0.15, 0.2) is 0 Å². The summed E-state index contributed by atoms with van der Waals surface area (Å²) in [4.78, 5) is 43.4. The van der Waals surface area contributed by atoms with Crippen LogP contribution in [-0.4, -0.2) is 75.4 Å². The van der Waals surface area contributed by atoms with E-state index in [2.05, 4.69) is 17.1 Å². The minimum atomic E-state index is -0.577. The number of ether oxygens (including phenoxy) is 1. The van der Waals surface area contributed by atoms with Gasteiger partial charge in [0.2, 0.25) is 0 Å². The summed E-state index contributed by atoms with van der Waals surface area (Å²) in [6.07, 6.45) is 3.40. The Morgan fingerprint density at radius 3 is 2.41 bits per heavy atom. The number of pyridine rings is 1. The number of nitrogens with one attached hydrogen (secondary N) is 1. The molecule has 0 bridgehead atoms. The Kier molecular flexibility index (Phi) is 9.35. The van der Waals surface area contributed by atoms with Crippen LogP contribution in [0.1, 0.15) is 75.9 Å². The predicted octanol–water partition coefficient (Wildman–Crippen LogP) is 5.47. The SMILES string of the molecule is Cc1c(F)cc(C(=O)NC2CC2)cc1-c1ccc2c(=O)n(CC(C)(C)CO)cc(CN3CCN(C(=O)OC(C)(C)C)CC3C)c2c1. The summed E-state index contributed by atoms with van der Waals surface area (Å²) in [5.41, 5.74) is 1.64. The van der Waals surface area contributed by atoms with Crippen molar-refractivity contribution < 1.29 is 23.8 Å². The molecule has 1 aromatic heterocycles. The molecule has 248 valence electrons. The summed E-state index contributed by atoms with van der Waals surface area (Å²) < 4.78 is 22.4. The molecule has 2 amide bonds. The van der Waals surface area contributed by atoms with Gasteiger partial charge < -0.3 is 24.6 Å². The molecule has 5 rings (SSSR count). The van der Waals surface area contributed by atoms with Crippen molar-refractivity contribution in [2.75, 3.05) is 26.2 Å². The lowest BCUT2D eigenvalue weighted by atomic mass is 9.93. The fourth-order valence-corrected chi connectivity index (χ4v) is 5.94. The first-order valence-electron chi connectivity index (χ1n) is 16.2. The number of aliphatic hydroxyl groups excluding tert-OH is 1. The number of piperazine rings is 1. The molecule has 2 heterocycles. The molecule has 1 atom stereocenters. The molecule has 9 nitrogen and oxygen atoms in total. The summed E-state index contributed by atoms with van der Waals surface area (Å²) in [7, 11) is 0. The van der Waals surface area contributed by atoms with Crippen molar-refractivity contribution in [2.24, 2.45) is 5.41 Å². The van der Waals surface area contributed by atoms with E-state index in [-0.39, 0.29) is 41.8 Å². The van der Waals surface area contributed by atoms with Crippen molar-refractivity contribution in [2.45, 2.75) is 92.1 Å². The second-order valence-corrected chi connectivity index (χ2v) is 14.8. The van der Waals surface area contributed by atoms with Crippen LogP contribution in [0.5, 0.6) is 0 Å². The standard InChI is InChI=1S/C36H47FN4O5/c1-22-17-40(34(45)46-35(3,4)5)13-12-39(22)18-26-19-41(20-36(6,7)21-42)33(44)28-11-8-24(14-30(26)28)29-15-25(16-31(37)23(29)2)32(43)38-27-9-10-27/h8,11,14-16,19,22,27,42H,9-10,12-13,17-18,20-21H2,1-7H3,(H,38,43). The molecule has 2 fully saturated rings. The Balaban J connectivity index is 1.53. The van der Waals surface area contributed by atoms with Crippen molar-refractivity contribution in [3.8, 4) is 11.1 Å². The number of nitrogens with zero attached hydrogens (tertiary/aromatic N) is 3. The number of rotatable bonds is 8. The number of hydrogen-bond acceptors (Lipinski definition) is 6. The van der Waals surface area contributed by atoms with E-state index in [4.69, 9.17) is 4.74 Å². The van der Waals surface area contributed by atoms with Crippen LogP contribution in [0.2, 0.25) is 0 Å². The van der Waals surface area contributed by atoms with E-state index in [1.165, 1.54) is 6.07 Å². The van der Waals surface area contributed by atoms with Crippen molar-refractivity contribution >= 4 is 22.8 Å². The first kappa shape index (κ1) is 33.6. The Hall–Kier alpha value is -3.76. The summed E-state index contributed by atoms with van der Waals surface area (Å²) in [5.74, 6) is -0.755. The highest BCUT2D eigenvalue weighted by Gasteiger charge is 2.31. The first-order valence-corrected chi connectivity index (χ1v) is 16.2. The maximum Gasteiger partial charge on any atom is 0.410 e. The largest absolute Gasteiger partial charge is 0.444 e. The zero-order valence-corrected chi connectivity index (χ0v) is 28.1. The maximum atomic E-state index is 15.2. The average molecular weight is 635 g/mol. The molecule has 1 aliphatic carbocycles. The number of aliphatic hydroxyl groups is 1. The highest BCUT2D eigenvalue weighted by Crippen LogP contribution is 2.32. The molecule has 0 radical (unpaired) electrons. The average Bonchev–Trinajstić information content (AvgIpc) is 3.80. The van der Waals surface area contributed by atoms with Gasteiger partial charge in [-0.25, -0.2) is 9.18 Å². The van der Waals surface area contributed by atoms with Gasteiger partial charge in [-0.3, -0.25) is 14.5 Å². The van der Waals surface area contributed by atoms with Gasteiger partial charge in [-0.1, -0.05) is 19.9 Å². The number of aromatic nitrogens is 1. The highest BCUT2D eigenvalue weighted by molar-refractivity contribution is 5.97. The monoisotopic (exact) mass is 634 g/mol. The fraction of sp³-hybridized carbons (Fsp3) is 0.528. The molecule has 1 aliphatic heterocycles. The molecule has 2 aromatic carbocycles. The summed E-state index contributed by atoms with van der Waals surface area (Å²) in [6, 6.07) is 8.67. The van der Waals surface area contributed by atoms with Gasteiger partial charge in [-0.2, -0.15) is 0 Å². The third kappa shape index (κ3) is 7.61. The van der Waals surface area contributed by atoms with Gasteiger partial charge in [0, 0.05) is 74.0 Å². The van der Waals surface area contributed by atoms with Crippen LogP contribution in [0.4, 0.5) is 9.18 Å². The fourth-order valence-electron chi connectivity index (χ4n) is 5.94. The topological polar surface area (TPSA) is 104 Å². The van der Waals surface area contributed by atoms with Crippen molar-refractivity contribution in [3.63, 3.8) is 0 Å². The Morgan fingerprint density at radius 2 is 1.78 bits per heavy atom. The van der Waals surface area contributed by atoms with Gasteiger partial charge in [-0.15, -0.1) is 0 Å². The molecule has 10 heteroatoms. The minimum Gasteiger partial charge on any atom is -0.444 e. The van der Waals surface area contributed by atoms with Crippen molar-refractivity contribution in [3.05, 3.63) is 69.4 Å². The number of hydrogen-bond donors (Lipinski definition) is 2. The highest BCUT2D eigenvalue weighted by atomic mass is 19.1. The number of carbonyl (C=O) groups excluding carboxylic acids is 2. The van der Waals surface area contributed by atoms with Gasteiger partial charge in [-0.05, 0) is 99.4 Å². The zero-order valence-electron chi connectivity index (χ0n) is 28.1. The molecular weight excluding hydrogens is 587 g/mol. The summed E-state index contributed by atoms with van der Waals surface area (Å²) >= 11 is 0. The van der Waals surface area contributed by atoms with Gasteiger partial charge in [0.05, 0.1) is 0 Å². The molecule has 2 N–H and O–H groups in total. The molecule has 1 saturated carbocycles. The lowest BCUT2D eigenvalue weighted by Gasteiger charge is -2.40. The number of amides is 2. The van der Waals surface area contributed by atoms with E-state index in [0.29, 0.717) is 54.8 Å². The molecule has 1 saturated heterocycles.